The van der Waals surface area contributed by atoms with Crippen molar-refractivity contribution in [2.24, 2.45) is 0 Å². The van der Waals surface area contributed by atoms with Crippen molar-refractivity contribution < 1.29 is 9.53 Å². The van der Waals surface area contributed by atoms with E-state index in [0.717, 1.165) is 0 Å². The number of carbonyl (C=O) groups is 1. The van der Waals surface area contributed by atoms with E-state index in [4.69, 9.17) is 10.00 Å². The van der Waals surface area contributed by atoms with Crippen LogP contribution in [0.15, 0.2) is 16.6 Å². The third kappa shape index (κ3) is 1.94. The van der Waals surface area contributed by atoms with E-state index in [1.165, 1.54) is 14.0 Å². The largest absolute Gasteiger partial charge is 0.496 e. The van der Waals surface area contributed by atoms with E-state index in [0.29, 0.717) is 21.3 Å². The maximum atomic E-state index is 11.2. The molecule has 4 heteroatoms. The van der Waals surface area contributed by atoms with Crippen LogP contribution in [-0.4, -0.2) is 12.9 Å². The highest BCUT2D eigenvalue weighted by Gasteiger charge is 2.11. The molecule has 0 heterocycles. The second-order valence-electron chi connectivity index (χ2n) is 2.70. The zero-order valence-electron chi connectivity index (χ0n) is 7.80. The molecule has 1 rings (SSSR count). The summed E-state index contributed by atoms with van der Waals surface area (Å²) in [6, 6.07) is 5.10. The van der Waals surface area contributed by atoms with Gasteiger partial charge in [0.05, 0.1) is 17.1 Å². The van der Waals surface area contributed by atoms with Crippen molar-refractivity contribution in [3.8, 4) is 11.8 Å². The summed E-state index contributed by atoms with van der Waals surface area (Å²) in [5.74, 6) is 0.413. The van der Waals surface area contributed by atoms with Gasteiger partial charge in [-0.05, 0) is 35.0 Å². The highest BCUT2D eigenvalue weighted by molar-refractivity contribution is 9.10. The van der Waals surface area contributed by atoms with Crippen LogP contribution >= 0.6 is 15.9 Å². The van der Waals surface area contributed by atoms with Gasteiger partial charge in [-0.2, -0.15) is 5.26 Å². The zero-order valence-corrected chi connectivity index (χ0v) is 9.38. The van der Waals surface area contributed by atoms with E-state index in [9.17, 15) is 4.79 Å². The van der Waals surface area contributed by atoms with Crippen LogP contribution in [-0.2, 0) is 0 Å². The van der Waals surface area contributed by atoms with Gasteiger partial charge >= 0.3 is 0 Å². The molecular weight excluding hydrogens is 246 g/mol. The van der Waals surface area contributed by atoms with Gasteiger partial charge in [0.15, 0.2) is 5.78 Å². The van der Waals surface area contributed by atoms with Crippen LogP contribution in [0.3, 0.4) is 0 Å². The number of methoxy groups -OCH3 is 1. The molecule has 0 aliphatic rings. The van der Waals surface area contributed by atoms with Crippen molar-refractivity contribution >= 4 is 21.7 Å². The Kier molecular flexibility index (Phi) is 3.26. The van der Waals surface area contributed by atoms with Crippen molar-refractivity contribution in [3.05, 3.63) is 27.7 Å². The van der Waals surface area contributed by atoms with Crippen LogP contribution in [0.2, 0.25) is 0 Å². The summed E-state index contributed by atoms with van der Waals surface area (Å²) in [5, 5.41) is 8.81. The first-order chi connectivity index (χ1) is 6.60. The van der Waals surface area contributed by atoms with Gasteiger partial charge in [-0.1, -0.05) is 0 Å². The van der Waals surface area contributed by atoms with Gasteiger partial charge in [0.1, 0.15) is 11.8 Å². The normalized spacial score (nSPS) is 9.29. The Morgan fingerprint density at radius 2 is 2.21 bits per heavy atom. The van der Waals surface area contributed by atoms with Crippen molar-refractivity contribution in [2.45, 2.75) is 6.92 Å². The average molecular weight is 254 g/mol. The molecule has 1 aromatic carbocycles. The summed E-state index contributed by atoms with van der Waals surface area (Å²) in [6.45, 7) is 1.43. The molecule has 0 aliphatic heterocycles. The first-order valence-electron chi connectivity index (χ1n) is 3.88. The fraction of sp³-hybridized carbons (Fsp3) is 0.200. The van der Waals surface area contributed by atoms with E-state index in [1.54, 1.807) is 12.1 Å². The second-order valence-corrected chi connectivity index (χ2v) is 3.55. The summed E-state index contributed by atoms with van der Waals surface area (Å²) >= 11 is 3.25. The number of ketones is 1. The first-order valence-corrected chi connectivity index (χ1v) is 4.68. The molecule has 0 amide bonds. The molecule has 0 saturated heterocycles. The molecule has 0 aromatic heterocycles. The van der Waals surface area contributed by atoms with E-state index >= 15 is 0 Å². The molecular formula is C10H8BrNO2. The zero-order chi connectivity index (χ0) is 10.7. The molecule has 14 heavy (non-hydrogen) atoms. The lowest BCUT2D eigenvalue weighted by molar-refractivity contribution is 0.101. The molecule has 0 atom stereocenters. The molecule has 1 aromatic rings. The topological polar surface area (TPSA) is 50.1 Å². The molecule has 3 nitrogen and oxygen atoms in total. The summed E-state index contributed by atoms with van der Waals surface area (Å²) < 4.78 is 5.68. The molecule has 0 spiro atoms. The highest BCUT2D eigenvalue weighted by atomic mass is 79.9. The quantitative estimate of drug-likeness (QED) is 0.762. The minimum Gasteiger partial charge on any atom is -0.496 e. The van der Waals surface area contributed by atoms with Crippen LogP contribution in [0.4, 0.5) is 0 Å². The predicted molar refractivity (Wildman–Crippen MR) is 55.4 cm³/mol. The summed E-state index contributed by atoms with van der Waals surface area (Å²) in [4.78, 5) is 11.2. The van der Waals surface area contributed by atoms with Crippen LogP contribution in [0.1, 0.15) is 22.8 Å². The lowest BCUT2D eigenvalue weighted by Crippen LogP contribution is -1.98. The lowest BCUT2D eigenvalue weighted by atomic mass is 10.1. The van der Waals surface area contributed by atoms with E-state index in [-0.39, 0.29) is 5.78 Å². The van der Waals surface area contributed by atoms with Crippen molar-refractivity contribution in [1.29, 1.82) is 5.26 Å². The van der Waals surface area contributed by atoms with Crippen LogP contribution < -0.4 is 4.74 Å². The van der Waals surface area contributed by atoms with Gasteiger partial charge in [-0.15, -0.1) is 0 Å². The van der Waals surface area contributed by atoms with E-state index < -0.39 is 0 Å². The Morgan fingerprint density at radius 1 is 1.57 bits per heavy atom. The molecule has 0 radical (unpaired) electrons. The standard InChI is InChI=1S/C10H8BrNO2/c1-6(13)8-4-9(11)10(14-2)3-7(8)5-12/h3-4H,1-2H3. The minimum absolute atomic E-state index is 0.134. The Morgan fingerprint density at radius 3 is 2.64 bits per heavy atom. The van der Waals surface area contributed by atoms with Crippen LogP contribution in [0, 0.1) is 11.3 Å². The number of ether oxygens (including phenoxy) is 1. The Bertz CT molecular complexity index is 421. The number of nitriles is 1. The molecule has 0 aliphatic carbocycles. The SMILES string of the molecule is COc1cc(C#N)c(C(C)=O)cc1Br. The van der Waals surface area contributed by atoms with Crippen LogP contribution in [0.5, 0.6) is 5.75 Å². The number of hydrogen-bond acceptors (Lipinski definition) is 3. The monoisotopic (exact) mass is 253 g/mol. The van der Waals surface area contributed by atoms with E-state index in [2.05, 4.69) is 15.9 Å². The summed E-state index contributed by atoms with van der Waals surface area (Å²) in [5.41, 5.74) is 0.734. The fourth-order valence-corrected chi connectivity index (χ4v) is 1.60. The number of rotatable bonds is 2. The van der Waals surface area contributed by atoms with Crippen molar-refractivity contribution in [3.63, 3.8) is 0 Å². The number of benzene rings is 1. The maximum absolute atomic E-state index is 11.2. The number of hydrogen-bond donors (Lipinski definition) is 0. The van der Waals surface area contributed by atoms with Crippen molar-refractivity contribution in [2.75, 3.05) is 7.11 Å². The third-order valence-electron chi connectivity index (χ3n) is 1.79. The van der Waals surface area contributed by atoms with Gasteiger partial charge in [0, 0.05) is 5.56 Å². The second kappa shape index (κ2) is 4.25. The number of nitrogens with zero attached hydrogens (tertiary/aromatic N) is 1. The number of carbonyl (C=O) groups excluding carboxylic acids is 1. The number of Topliss-reactive ketones (excluding diaryl/α,β-unsaturated/α-hetero) is 1. The molecule has 0 saturated carbocycles. The Labute approximate surface area is 90.4 Å². The molecule has 0 N–H and O–H groups in total. The Hall–Kier alpha value is -1.34. The molecule has 0 bridgehead atoms. The van der Waals surface area contributed by atoms with Gasteiger partial charge in [-0.3, -0.25) is 4.79 Å². The lowest BCUT2D eigenvalue weighted by Gasteiger charge is -2.06. The third-order valence-corrected chi connectivity index (χ3v) is 2.41. The number of halogens is 1. The van der Waals surface area contributed by atoms with Gasteiger partial charge in [0.2, 0.25) is 0 Å². The van der Waals surface area contributed by atoms with E-state index in [1.807, 2.05) is 6.07 Å². The molecule has 72 valence electrons. The summed E-state index contributed by atoms with van der Waals surface area (Å²) in [6.07, 6.45) is 0. The van der Waals surface area contributed by atoms with Crippen molar-refractivity contribution in [1.82, 2.24) is 0 Å². The maximum Gasteiger partial charge on any atom is 0.161 e. The predicted octanol–water partition coefficient (Wildman–Crippen LogP) is 2.53. The average Bonchev–Trinajstić information content (AvgIpc) is 2.17. The minimum atomic E-state index is -0.134. The van der Waals surface area contributed by atoms with Gasteiger partial charge in [0.25, 0.3) is 0 Å². The highest BCUT2D eigenvalue weighted by Crippen LogP contribution is 2.28. The van der Waals surface area contributed by atoms with Crippen LogP contribution in [0.25, 0.3) is 0 Å². The summed E-state index contributed by atoms with van der Waals surface area (Å²) in [7, 11) is 1.51. The molecule has 0 unspecified atom stereocenters. The first kappa shape index (κ1) is 10.7. The van der Waals surface area contributed by atoms with Gasteiger partial charge < -0.3 is 4.74 Å². The Balaban J connectivity index is 3.41. The molecule has 0 fully saturated rings. The van der Waals surface area contributed by atoms with Gasteiger partial charge in [-0.25, -0.2) is 0 Å². The smallest absolute Gasteiger partial charge is 0.161 e. The fourth-order valence-electron chi connectivity index (χ4n) is 1.09.